The molecule has 1 aliphatic heterocycles. The van der Waals surface area contributed by atoms with Crippen LogP contribution < -0.4 is 5.32 Å². The zero-order chi connectivity index (χ0) is 44.4. The van der Waals surface area contributed by atoms with Crippen LogP contribution in [0.4, 0.5) is 0 Å². The maximum atomic E-state index is 12.9. The van der Waals surface area contributed by atoms with Crippen molar-refractivity contribution in [2.45, 2.75) is 249 Å². The van der Waals surface area contributed by atoms with E-state index in [9.17, 15) is 30.3 Å². The van der Waals surface area contributed by atoms with E-state index in [0.717, 1.165) is 51.4 Å². The Labute approximate surface area is 373 Å². The van der Waals surface area contributed by atoms with Gasteiger partial charge in [0.05, 0.1) is 25.4 Å². The molecule has 0 bridgehead atoms. The first-order chi connectivity index (χ1) is 29.8. The third-order valence-corrected chi connectivity index (χ3v) is 11.6. The summed E-state index contributed by atoms with van der Waals surface area (Å²) in [6.45, 7) is 3.50. The van der Waals surface area contributed by atoms with E-state index in [2.05, 4.69) is 54.8 Å². The topological polar surface area (TPSA) is 149 Å². The fourth-order valence-electron chi connectivity index (χ4n) is 7.64. The minimum atomic E-state index is -1.57. The summed E-state index contributed by atoms with van der Waals surface area (Å²) < 4.78 is 11.2. The number of carbonyl (C=O) groups is 1. The molecule has 0 aromatic carbocycles. The fraction of sp³-hybridized carbons (Fsp3) is 0.788. The van der Waals surface area contributed by atoms with Gasteiger partial charge in [0.2, 0.25) is 5.91 Å². The molecule has 0 aliphatic carbocycles. The molecule has 1 aliphatic rings. The lowest BCUT2D eigenvalue weighted by atomic mass is 9.99. The minimum absolute atomic E-state index is 0.195. The van der Waals surface area contributed by atoms with Crippen molar-refractivity contribution in [1.29, 1.82) is 0 Å². The highest BCUT2D eigenvalue weighted by Gasteiger charge is 2.44. The molecule has 7 atom stereocenters. The zero-order valence-electron chi connectivity index (χ0n) is 38.9. The highest BCUT2D eigenvalue weighted by atomic mass is 16.7. The van der Waals surface area contributed by atoms with Crippen LogP contribution in [0.25, 0.3) is 0 Å². The molecule has 1 heterocycles. The van der Waals surface area contributed by atoms with Crippen molar-refractivity contribution in [3.63, 3.8) is 0 Å². The molecule has 0 aromatic heterocycles. The predicted octanol–water partition coefficient (Wildman–Crippen LogP) is 11.2. The van der Waals surface area contributed by atoms with Crippen molar-refractivity contribution in [1.82, 2.24) is 5.32 Å². The minimum Gasteiger partial charge on any atom is -0.394 e. The van der Waals surface area contributed by atoms with Gasteiger partial charge in [-0.3, -0.25) is 4.79 Å². The van der Waals surface area contributed by atoms with Crippen LogP contribution in [0.2, 0.25) is 0 Å². The summed E-state index contributed by atoms with van der Waals surface area (Å²) in [5.41, 5.74) is 0. The van der Waals surface area contributed by atoms with E-state index in [0.29, 0.717) is 6.42 Å². The lowest BCUT2D eigenvalue weighted by Gasteiger charge is -2.40. The number of nitrogens with one attached hydrogen (secondary N) is 1. The van der Waals surface area contributed by atoms with Crippen LogP contribution in [0.15, 0.2) is 60.8 Å². The molecule has 0 saturated carbocycles. The number of hydrogen-bond acceptors (Lipinski definition) is 8. The molecule has 0 radical (unpaired) electrons. The van der Waals surface area contributed by atoms with Crippen LogP contribution >= 0.6 is 0 Å². The monoisotopic (exact) mass is 860 g/mol. The molecule has 9 heteroatoms. The summed E-state index contributed by atoms with van der Waals surface area (Å²) in [6.07, 6.45) is 48.9. The molecule has 7 unspecified atom stereocenters. The van der Waals surface area contributed by atoms with Crippen LogP contribution in [0, 0.1) is 0 Å². The van der Waals surface area contributed by atoms with Crippen molar-refractivity contribution < 1.29 is 39.8 Å². The molecular formula is C52H93NO8. The third-order valence-electron chi connectivity index (χ3n) is 11.6. The van der Waals surface area contributed by atoms with Gasteiger partial charge in [-0.15, -0.1) is 0 Å². The fourth-order valence-corrected chi connectivity index (χ4v) is 7.64. The Hall–Kier alpha value is -2.11. The number of unbranched alkanes of at least 4 members (excludes halogenated alkanes) is 24. The number of hydrogen-bond donors (Lipinski definition) is 6. The van der Waals surface area contributed by atoms with E-state index >= 15 is 0 Å². The Morgan fingerprint density at radius 1 is 0.590 bits per heavy atom. The number of aliphatic hydroxyl groups is 5. The second-order valence-corrected chi connectivity index (χ2v) is 17.2. The van der Waals surface area contributed by atoms with Crippen LogP contribution in [0.5, 0.6) is 0 Å². The number of allylic oxidation sites excluding steroid dienone is 9. The lowest BCUT2D eigenvalue weighted by Crippen LogP contribution is -2.60. The SMILES string of the molecule is C/C=C/CC/C=C/CC/C=C/C(O)C(COC1OC(CO)C(O)C(O)C1O)NC(=O)CCCCCCCCCCCCCCCCCCC/C=C\C/C=C\CCCCCCC. The van der Waals surface area contributed by atoms with Crippen molar-refractivity contribution in [2.75, 3.05) is 13.2 Å². The first kappa shape index (κ1) is 56.9. The number of carbonyl (C=O) groups excluding carboxylic acids is 1. The van der Waals surface area contributed by atoms with Crippen molar-refractivity contribution in [3.05, 3.63) is 60.8 Å². The molecule has 61 heavy (non-hydrogen) atoms. The normalized spacial score (nSPS) is 20.9. The molecule has 1 saturated heterocycles. The summed E-state index contributed by atoms with van der Waals surface area (Å²) in [5.74, 6) is -0.195. The van der Waals surface area contributed by atoms with Gasteiger partial charge < -0.3 is 40.3 Å². The van der Waals surface area contributed by atoms with Gasteiger partial charge in [0.25, 0.3) is 0 Å². The molecule has 0 spiro atoms. The highest BCUT2D eigenvalue weighted by Crippen LogP contribution is 2.23. The Kier molecular flexibility index (Phi) is 39.1. The van der Waals surface area contributed by atoms with Crippen LogP contribution in [-0.4, -0.2) is 87.5 Å². The molecule has 0 aromatic rings. The van der Waals surface area contributed by atoms with Gasteiger partial charge in [0, 0.05) is 6.42 Å². The maximum absolute atomic E-state index is 12.9. The van der Waals surface area contributed by atoms with Gasteiger partial charge in [-0.25, -0.2) is 0 Å². The summed E-state index contributed by atoms with van der Waals surface area (Å²) >= 11 is 0. The van der Waals surface area contributed by atoms with Gasteiger partial charge in [0.1, 0.15) is 24.4 Å². The van der Waals surface area contributed by atoms with Crippen molar-refractivity contribution in [3.8, 4) is 0 Å². The predicted molar refractivity (Wildman–Crippen MR) is 253 cm³/mol. The van der Waals surface area contributed by atoms with Crippen molar-refractivity contribution in [2.24, 2.45) is 0 Å². The first-order valence-electron chi connectivity index (χ1n) is 25.0. The Morgan fingerprint density at radius 2 is 1.05 bits per heavy atom. The molecule has 1 amide bonds. The third kappa shape index (κ3) is 32.2. The molecule has 1 rings (SSSR count). The average molecular weight is 860 g/mol. The van der Waals surface area contributed by atoms with E-state index in [-0.39, 0.29) is 12.5 Å². The second-order valence-electron chi connectivity index (χ2n) is 17.2. The molecular weight excluding hydrogens is 767 g/mol. The molecule has 6 N–H and O–H groups in total. The van der Waals surface area contributed by atoms with Gasteiger partial charge >= 0.3 is 0 Å². The summed E-state index contributed by atoms with van der Waals surface area (Å²) in [5, 5.41) is 54.0. The maximum Gasteiger partial charge on any atom is 0.220 e. The zero-order valence-corrected chi connectivity index (χ0v) is 38.9. The quantitative estimate of drug-likeness (QED) is 0.0263. The smallest absolute Gasteiger partial charge is 0.220 e. The van der Waals surface area contributed by atoms with Gasteiger partial charge in [-0.1, -0.05) is 190 Å². The van der Waals surface area contributed by atoms with Crippen molar-refractivity contribution >= 4 is 5.91 Å². The highest BCUT2D eigenvalue weighted by molar-refractivity contribution is 5.76. The molecule has 354 valence electrons. The summed E-state index contributed by atoms with van der Waals surface area (Å²) in [4.78, 5) is 12.9. The number of aliphatic hydroxyl groups excluding tert-OH is 5. The Morgan fingerprint density at radius 3 is 1.56 bits per heavy atom. The van der Waals surface area contributed by atoms with Crippen LogP contribution in [0.3, 0.4) is 0 Å². The largest absolute Gasteiger partial charge is 0.394 e. The van der Waals surface area contributed by atoms with Crippen LogP contribution in [0.1, 0.15) is 206 Å². The Balaban J connectivity index is 2.14. The molecule has 1 fully saturated rings. The number of rotatable bonds is 41. The van der Waals surface area contributed by atoms with Gasteiger partial charge in [0.15, 0.2) is 6.29 Å². The second kappa shape index (κ2) is 41.9. The van der Waals surface area contributed by atoms with E-state index in [1.807, 2.05) is 19.1 Å². The average Bonchev–Trinajstić information content (AvgIpc) is 3.26. The van der Waals surface area contributed by atoms with E-state index < -0.39 is 49.5 Å². The van der Waals surface area contributed by atoms with Gasteiger partial charge in [-0.2, -0.15) is 0 Å². The number of amides is 1. The van der Waals surface area contributed by atoms with E-state index in [1.54, 1.807) is 6.08 Å². The Bertz CT molecular complexity index is 1140. The van der Waals surface area contributed by atoms with Crippen LogP contribution in [-0.2, 0) is 14.3 Å². The van der Waals surface area contributed by atoms with E-state index in [1.165, 1.54) is 135 Å². The lowest BCUT2D eigenvalue weighted by molar-refractivity contribution is -0.302. The summed E-state index contributed by atoms with van der Waals surface area (Å²) in [6, 6.07) is -0.826. The van der Waals surface area contributed by atoms with Gasteiger partial charge in [-0.05, 0) is 71.1 Å². The standard InChI is InChI=1S/C52H93NO8/c1-3-5-7-9-11-13-14-15-16-17-18-19-20-21-22-23-24-25-26-27-28-29-30-31-32-34-36-38-40-42-48(56)53-45(46(55)41-39-37-35-33-12-10-8-6-4-2)44-60-52-51(59)50(58)49(57)47(43-54)61-52/h4,6,12,14-15,17-18,33,39,41,45-47,49-52,54-55,57-59H,3,5,7-11,13,16,19-32,34-38,40,42-44H2,1-2H3,(H,53,56)/b6-4+,15-14-,18-17-,33-12+,41-39+. The van der Waals surface area contributed by atoms with E-state index in [4.69, 9.17) is 9.47 Å². The first-order valence-corrected chi connectivity index (χ1v) is 25.0. The number of ether oxygens (including phenoxy) is 2. The summed E-state index contributed by atoms with van der Waals surface area (Å²) in [7, 11) is 0. The molecule has 9 nitrogen and oxygen atoms in total.